The second-order valence-corrected chi connectivity index (χ2v) is 9.61. The summed E-state index contributed by atoms with van der Waals surface area (Å²) >= 11 is 0. The number of aromatic nitrogens is 1. The van der Waals surface area contributed by atoms with Crippen LogP contribution in [-0.2, 0) is 21.2 Å². The van der Waals surface area contributed by atoms with E-state index in [4.69, 9.17) is 4.74 Å². The molecule has 31 heavy (non-hydrogen) atoms. The molecular formula is C23H27N3O4S. The summed E-state index contributed by atoms with van der Waals surface area (Å²) in [5.74, 6) is 0.698. The average Bonchev–Trinajstić information content (AvgIpc) is 3.22. The van der Waals surface area contributed by atoms with Crippen LogP contribution in [0.3, 0.4) is 0 Å². The summed E-state index contributed by atoms with van der Waals surface area (Å²) in [4.78, 5) is 17.9. The largest absolute Gasteiger partial charge is 0.497 e. The summed E-state index contributed by atoms with van der Waals surface area (Å²) in [6.45, 7) is 1.45. The number of aryl methyl sites for hydroxylation is 1. The number of nitrogens with zero attached hydrogens (tertiary/aromatic N) is 2. The van der Waals surface area contributed by atoms with E-state index < -0.39 is 10.0 Å². The summed E-state index contributed by atoms with van der Waals surface area (Å²) in [6.07, 6.45) is 4.08. The SMILES string of the molecule is COc1ccc(S(=O)(=O)N2CCN(C(=O)CCCc3c[nH]c4ccccc34)CC2)cc1. The molecule has 0 spiro atoms. The number of ether oxygens (including phenoxy) is 1. The summed E-state index contributed by atoms with van der Waals surface area (Å²) < 4.78 is 32.2. The molecule has 164 valence electrons. The van der Waals surface area contributed by atoms with Gasteiger partial charge in [0, 0.05) is 49.7 Å². The molecule has 0 aliphatic carbocycles. The first kappa shape index (κ1) is 21.4. The number of aromatic amines is 1. The third kappa shape index (κ3) is 4.60. The lowest BCUT2D eigenvalue weighted by Gasteiger charge is -2.34. The van der Waals surface area contributed by atoms with Crippen LogP contribution >= 0.6 is 0 Å². The standard InChI is InChI=1S/C23H27N3O4S/c1-30-19-9-11-20(12-10-19)31(28,29)26-15-13-25(14-16-26)23(27)8-4-5-18-17-24-22-7-3-2-6-21(18)22/h2-3,6-7,9-12,17,24H,4-5,8,13-16H2,1H3. The number of rotatable bonds is 7. The molecule has 0 radical (unpaired) electrons. The van der Waals surface area contributed by atoms with Crippen molar-refractivity contribution in [1.29, 1.82) is 0 Å². The molecule has 2 heterocycles. The molecule has 0 saturated carbocycles. The molecule has 8 heteroatoms. The van der Waals surface area contributed by atoms with Gasteiger partial charge in [-0.05, 0) is 48.7 Å². The third-order valence-corrected chi connectivity index (χ3v) is 7.71. The fourth-order valence-corrected chi connectivity index (χ4v) is 5.42. The number of H-pyrrole nitrogens is 1. The van der Waals surface area contributed by atoms with Crippen molar-refractivity contribution < 1.29 is 17.9 Å². The highest BCUT2D eigenvalue weighted by Gasteiger charge is 2.29. The number of para-hydroxylation sites is 1. The van der Waals surface area contributed by atoms with Crippen LogP contribution in [0.5, 0.6) is 5.75 Å². The topological polar surface area (TPSA) is 82.7 Å². The molecule has 0 unspecified atom stereocenters. The van der Waals surface area contributed by atoms with Crippen molar-refractivity contribution in [3.8, 4) is 5.75 Å². The van der Waals surface area contributed by atoms with Gasteiger partial charge in [-0.25, -0.2) is 8.42 Å². The predicted molar refractivity (Wildman–Crippen MR) is 120 cm³/mol. The molecule has 1 aliphatic rings. The Hall–Kier alpha value is -2.84. The molecule has 0 atom stereocenters. The smallest absolute Gasteiger partial charge is 0.243 e. The van der Waals surface area contributed by atoms with E-state index >= 15 is 0 Å². The van der Waals surface area contributed by atoms with E-state index in [1.54, 1.807) is 36.3 Å². The quantitative estimate of drug-likeness (QED) is 0.611. The zero-order valence-corrected chi connectivity index (χ0v) is 18.4. The number of piperazine rings is 1. The molecule has 2 aromatic carbocycles. The van der Waals surface area contributed by atoms with E-state index in [1.807, 2.05) is 24.4 Å². The van der Waals surface area contributed by atoms with E-state index in [0.717, 1.165) is 18.4 Å². The average molecular weight is 442 g/mol. The van der Waals surface area contributed by atoms with E-state index in [-0.39, 0.29) is 10.8 Å². The van der Waals surface area contributed by atoms with Crippen molar-refractivity contribution in [3.05, 3.63) is 60.3 Å². The molecule has 3 aromatic rings. The molecule has 4 rings (SSSR count). The number of amides is 1. The van der Waals surface area contributed by atoms with Gasteiger partial charge in [-0.3, -0.25) is 4.79 Å². The molecule has 7 nitrogen and oxygen atoms in total. The molecule has 1 aliphatic heterocycles. The predicted octanol–water partition coefficient (Wildman–Crippen LogP) is 3.03. The number of hydrogen-bond donors (Lipinski definition) is 1. The Kier molecular flexibility index (Phi) is 6.29. The maximum atomic E-state index is 12.9. The number of sulfonamides is 1. The minimum Gasteiger partial charge on any atom is -0.497 e. The maximum absolute atomic E-state index is 12.9. The van der Waals surface area contributed by atoms with Gasteiger partial charge in [0.05, 0.1) is 12.0 Å². The van der Waals surface area contributed by atoms with Crippen LogP contribution in [-0.4, -0.2) is 61.8 Å². The maximum Gasteiger partial charge on any atom is 0.243 e. The lowest BCUT2D eigenvalue weighted by atomic mass is 10.1. The monoisotopic (exact) mass is 441 g/mol. The van der Waals surface area contributed by atoms with Gasteiger partial charge in [0.15, 0.2) is 0 Å². The number of nitrogens with one attached hydrogen (secondary N) is 1. The van der Waals surface area contributed by atoms with Crippen LogP contribution in [0, 0.1) is 0 Å². The third-order valence-electron chi connectivity index (χ3n) is 5.80. The minimum atomic E-state index is -3.57. The van der Waals surface area contributed by atoms with Crippen LogP contribution in [0.2, 0.25) is 0 Å². The van der Waals surface area contributed by atoms with E-state index in [1.165, 1.54) is 15.3 Å². The first-order valence-electron chi connectivity index (χ1n) is 10.5. The molecule has 1 saturated heterocycles. The lowest BCUT2D eigenvalue weighted by molar-refractivity contribution is -0.132. The number of fused-ring (bicyclic) bond motifs is 1. The second kappa shape index (κ2) is 9.11. The molecular weight excluding hydrogens is 414 g/mol. The molecule has 1 amide bonds. The second-order valence-electron chi connectivity index (χ2n) is 7.67. The summed E-state index contributed by atoms with van der Waals surface area (Å²) in [6, 6.07) is 14.5. The fraction of sp³-hybridized carbons (Fsp3) is 0.348. The van der Waals surface area contributed by atoms with E-state index in [2.05, 4.69) is 11.1 Å². The van der Waals surface area contributed by atoms with Crippen LogP contribution in [0.15, 0.2) is 59.6 Å². The highest BCUT2D eigenvalue weighted by molar-refractivity contribution is 7.89. The van der Waals surface area contributed by atoms with Crippen LogP contribution in [0.25, 0.3) is 10.9 Å². The Labute approximate surface area is 182 Å². The van der Waals surface area contributed by atoms with Crippen molar-refractivity contribution in [3.63, 3.8) is 0 Å². The Morgan fingerprint density at radius 3 is 2.45 bits per heavy atom. The summed E-state index contributed by atoms with van der Waals surface area (Å²) in [7, 11) is -2.03. The summed E-state index contributed by atoms with van der Waals surface area (Å²) in [5.41, 5.74) is 2.33. The van der Waals surface area contributed by atoms with Gasteiger partial charge in [0.1, 0.15) is 5.75 Å². The number of methoxy groups -OCH3 is 1. The van der Waals surface area contributed by atoms with Gasteiger partial charge in [-0.1, -0.05) is 18.2 Å². The van der Waals surface area contributed by atoms with Crippen molar-refractivity contribution >= 4 is 26.8 Å². The van der Waals surface area contributed by atoms with Gasteiger partial charge in [-0.2, -0.15) is 4.31 Å². The van der Waals surface area contributed by atoms with Gasteiger partial charge in [-0.15, -0.1) is 0 Å². The normalized spacial score (nSPS) is 15.3. The van der Waals surface area contributed by atoms with Gasteiger partial charge < -0.3 is 14.6 Å². The first-order valence-corrected chi connectivity index (χ1v) is 11.9. The van der Waals surface area contributed by atoms with Crippen molar-refractivity contribution in [2.24, 2.45) is 0 Å². The van der Waals surface area contributed by atoms with Crippen molar-refractivity contribution in [2.75, 3.05) is 33.3 Å². The van der Waals surface area contributed by atoms with Crippen molar-refractivity contribution in [2.45, 2.75) is 24.2 Å². The Morgan fingerprint density at radius 1 is 1.03 bits per heavy atom. The number of benzene rings is 2. The van der Waals surface area contributed by atoms with Crippen LogP contribution < -0.4 is 4.74 Å². The number of carbonyl (C=O) groups excluding carboxylic acids is 1. The van der Waals surface area contributed by atoms with Crippen molar-refractivity contribution in [1.82, 2.24) is 14.2 Å². The first-order chi connectivity index (χ1) is 15.0. The molecule has 1 aromatic heterocycles. The zero-order chi connectivity index (χ0) is 21.8. The fourth-order valence-electron chi connectivity index (χ4n) is 4.00. The highest BCUT2D eigenvalue weighted by atomic mass is 32.2. The lowest BCUT2D eigenvalue weighted by Crippen LogP contribution is -2.50. The van der Waals surface area contributed by atoms with E-state index in [9.17, 15) is 13.2 Å². The molecule has 1 fully saturated rings. The highest BCUT2D eigenvalue weighted by Crippen LogP contribution is 2.22. The van der Waals surface area contributed by atoms with Gasteiger partial charge in [0.2, 0.25) is 15.9 Å². The number of carbonyl (C=O) groups is 1. The summed E-state index contributed by atoms with van der Waals surface area (Å²) in [5, 5.41) is 1.20. The van der Waals surface area contributed by atoms with Gasteiger partial charge in [0.25, 0.3) is 0 Å². The number of hydrogen-bond acceptors (Lipinski definition) is 4. The molecule has 1 N–H and O–H groups in total. The van der Waals surface area contributed by atoms with Gasteiger partial charge >= 0.3 is 0 Å². The zero-order valence-electron chi connectivity index (χ0n) is 17.6. The molecule has 0 bridgehead atoms. The van der Waals surface area contributed by atoms with Crippen LogP contribution in [0.4, 0.5) is 0 Å². The minimum absolute atomic E-state index is 0.0846. The van der Waals surface area contributed by atoms with Crippen LogP contribution in [0.1, 0.15) is 18.4 Å². The Balaban J connectivity index is 1.28. The van der Waals surface area contributed by atoms with E-state index in [0.29, 0.717) is 38.3 Å². The Morgan fingerprint density at radius 2 is 1.74 bits per heavy atom. The Bertz CT molecular complexity index is 1150.